The minimum absolute atomic E-state index is 0. The van der Waals surface area contributed by atoms with Crippen LogP contribution in [-0.4, -0.2) is 37.9 Å². The van der Waals surface area contributed by atoms with Crippen LogP contribution in [0.5, 0.6) is 0 Å². The number of hydrogen-bond acceptors (Lipinski definition) is 6. The Labute approximate surface area is 476 Å². The van der Waals surface area contributed by atoms with Gasteiger partial charge in [0.2, 0.25) is 0 Å². The van der Waals surface area contributed by atoms with Crippen LogP contribution in [0.1, 0.15) is 89.5 Å². The monoisotopic (exact) mass is 1220 g/mol. The molecular weight excluding hydrogens is 1150 g/mol. The maximum absolute atomic E-state index is 11.5. The molecule has 6 nitrogen and oxygen atoms in total. The molecule has 0 aliphatic carbocycles. The Morgan fingerprint density at radius 1 is 0.468 bits per heavy atom. The maximum atomic E-state index is 11.5. The quantitative estimate of drug-likeness (QED) is 0.0771. The summed E-state index contributed by atoms with van der Waals surface area (Å²) >= 11 is 0. The molecule has 1 unspecified atom stereocenters. The molecule has 0 amide bonds. The molecule has 2 aromatic heterocycles. The number of allylic oxidation sites excluding steroid dienone is 1. The van der Waals surface area contributed by atoms with Crippen LogP contribution >= 0.6 is 0 Å². The van der Waals surface area contributed by atoms with Gasteiger partial charge in [-0.25, -0.2) is 0 Å². The predicted molar refractivity (Wildman–Crippen MR) is 330 cm³/mol. The number of ketones is 2. The number of rotatable bonds is 5. The van der Waals surface area contributed by atoms with Gasteiger partial charge in [-0.1, -0.05) is 214 Å². The van der Waals surface area contributed by atoms with E-state index in [0.717, 1.165) is 17.0 Å². The molecule has 2 N–H and O–H groups in total. The number of aromatic nitrogens is 2. The van der Waals surface area contributed by atoms with Crippen LogP contribution < -0.4 is 0 Å². The number of carbonyl (C=O) groups excluding carboxylic acids is 2. The van der Waals surface area contributed by atoms with Crippen molar-refractivity contribution in [2.75, 3.05) is 0 Å². The molecule has 400 valence electrons. The van der Waals surface area contributed by atoms with Gasteiger partial charge in [-0.05, 0) is 122 Å². The van der Waals surface area contributed by atoms with Crippen LogP contribution in [0.3, 0.4) is 0 Å². The molecule has 14 aromatic rings. The Morgan fingerprint density at radius 2 is 0.848 bits per heavy atom. The molecule has 7 heteroatoms. The molecule has 14 rings (SSSR count). The second-order valence-corrected chi connectivity index (χ2v) is 25.5. The number of aliphatic hydroxyl groups is 2. The Kier molecular flexibility index (Phi) is 14.0. The number of aliphatic hydroxyl groups excluding tert-OH is 2. The first kappa shape index (κ1) is 55.0. The zero-order chi connectivity index (χ0) is 55.4. The van der Waals surface area contributed by atoms with Crippen LogP contribution in [0.25, 0.3) is 130 Å². The number of Topliss-reactive ketones (excluding diaryl/α,β-unsaturated/α-hetero) is 2. The van der Waals surface area contributed by atoms with Gasteiger partial charge in [0.05, 0.1) is 24.0 Å². The van der Waals surface area contributed by atoms with E-state index in [0.29, 0.717) is 0 Å². The molecule has 79 heavy (non-hydrogen) atoms. The van der Waals surface area contributed by atoms with E-state index < -0.39 is 16.9 Å². The smallest absolute Gasteiger partial charge is 0.145 e. The summed E-state index contributed by atoms with van der Waals surface area (Å²) < 4.78 is 0. The predicted octanol–water partition coefficient (Wildman–Crippen LogP) is 18.9. The zero-order valence-electron chi connectivity index (χ0n) is 47.2. The van der Waals surface area contributed by atoms with E-state index in [1.165, 1.54) is 119 Å². The van der Waals surface area contributed by atoms with Crippen molar-refractivity contribution in [1.82, 2.24) is 9.97 Å². The molecular formula is C72H67N2O4Pt-. The van der Waals surface area contributed by atoms with Crippen molar-refractivity contribution >= 4 is 119 Å². The first-order chi connectivity index (χ1) is 36.9. The Bertz CT molecular complexity index is 4150. The van der Waals surface area contributed by atoms with Crippen molar-refractivity contribution in [3.63, 3.8) is 0 Å². The van der Waals surface area contributed by atoms with E-state index in [9.17, 15) is 19.8 Å². The topological polar surface area (TPSA) is 100 Å². The van der Waals surface area contributed by atoms with Gasteiger partial charge in [0.15, 0.2) is 0 Å². The van der Waals surface area contributed by atoms with Gasteiger partial charge in [0.1, 0.15) is 11.6 Å². The van der Waals surface area contributed by atoms with Crippen LogP contribution in [0.15, 0.2) is 164 Å². The van der Waals surface area contributed by atoms with Crippen molar-refractivity contribution in [1.29, 1.82) is 0 Å². The number of benzene rings is 10. The van der Waals surface area contributed by atoms with Crippen molar-refractivity contribution in [2.45, 2.75) is 95.6 Å². The molecule has 12 aromatic carbocycles. The van der Waals surface area contributed by atoms with Gasteiger partial charge in [-0.2, -0.15) is 0 Å². The molecule has 0 radical (unpaired) electrons. The van der Waals surface area contributed by atoms with Crippen molar-refractivity contribution in [3.8, 4) is 22.5 Å². The number of hydrogen-bond donors (Lipinski definition) is 2. The minimum atomic E-state index is -0.605. The molecule has 0 aliphatic rings. The fraction of sp³-hybridized carbons (Fsp3) is 0.250. The van der Waals surface area contributed by atoms with E-state index in [2.05, 4.69) is 137 Å². The summed E-state index contributed by atoms with van der Waals surface area (Å²) in [6.45, 7) is 22.6. The first-order valence-corrected chi connectivity index (χ1v) is 27.2. The van der Waals surface area contributed by atoms with Crippen LogP contribution in [-0.2, 0) is 30.7 Å². The van der Waals surface area contributed by atoms with Crippen LogP contribution in [0.4, 0.5) is 0 Å². The summed E-state index contributed by atoms with van der Waals surface area (Å²) in [5.74, 6) is 0.287. The third-order valence-electron chi connectivity index (χ3n) is 15.8. The number of nitrogens with zero attached hydrogens (tertiary/aromatic N) is 2. The van der Waals surface area contributed by atoms with Gasteiger partial charge in [-0.3, -0.25) is 19.6 Å². The summed E-state index contributed by atoms with van der Waals surface area (Å²) in [5, 5.41) is 46.3. The van der Waals surface area contributed by atoms with Gasteiger partial charge in [0, 0.05) is 61.0 Å². The summed E-state index contributed by atoms with van der Waals surface area (Å²) in [6.07, 6.45) is 4.72. The zero-order valence-corrected chi connectivity index (χ0v) is 49.5. The molecule has 0 spiro atoms. The van der Waals surface area contributed by atoms with Crippen molar-refractivity contribution in [3.05, 3.63) is 170 Å². The summed E-state index contributed by atoms with van der Waals surface area (Å²) in [4.78, 5) is 32.2. The summed E-state index contributed by atoms with van der Waals surface area (Å²) in [5.41, 5.74) is 3.03. The molecule has 0 fully saturated rings. The van der Waals surface area contributed by atoms with Crippen LogP contribution in [0, 0.1) is 27.7 Å². The SMILES string of the molecule is CC(C)(C)C(=O)CC(=O)C(C)(C)C.CC(C)(C)C(O)=CC(O)C(C)(C)C.[Pt].[c-]1c(-c2ccccn2)c2ccc3ccc4ccc5ccc1c1c5c4c3c21.c1ccc(-c2cc3ccc4ccc5ccc6ccc2c2c6c5c4c32)nc1. The summed E-state index contributed by atoms with van der Waals surface area (Å²) in [6, 6.07) is 54.2. The van der Waals surface area contributed by atoms with Crippen LogP contribution in [0.2, 0.25) is 0 Å². The fourth-order valence-corrected chi connectivity index (χ4v) is 11.0. The third kappa shape index (κ3) is 9.76. The van der Waals surface area contributed by atoms with E-state index >= 15 is 0 Å². The average Bonchev–Trinajstić information content (AvgIpc) is 2.07. The average molecular weight is 1220 g/mol. The third-order valence-corrected chi connectivity index (χ3v) is 15.8. The maximum Gasteiger partial charge on any atom is 0.145 e. The number of carbonyl (C=O) groups is 2. The van der Waals surface area contributed by atoms with Crippen molar-refractivity contribution in [2.24, 2.45) is 21.7 Å². The van der Waals surface area contributed by atoms with Crippen molar-refractivity contribution < 1.29 is 40.9 Å². The molecule has 2 heterocycles. The van der Waals surface area contributed by atoms with E-state index in [1.54, 1.807) is 0 Å². The first-order valence-electron chi connectivity index (χ1n) is 27.2. The molecule has 0 aliphatic heterocycles. The molecule has 0 bridgehead atoms. The molecule has 0 saturated heterocycles. The van der Waals surface area contributed by atoms with Gasteiger partial charge in [0.25, 0.3) is 0 Å². The fourth-order valence-electron chi connectivity index (χ4n) is 11.0. The Hall–Kier alpha value is -7.37. The Morgan fingerprint density at radius 3 is 1.28 bits per heavy atom. The largest absolute Gasteiger partial charge is 0.512 e. The number of pyridine rings is 2. The second-order valence-electron chi connectivity index (χ2n) is 25.5. The second kappa shape index (κ2) is 20.1. The summed E-state index contributed by atoms with van der Waals surface area (Å²) in [7, 11) is 0. The minimum Gasteiger partial charge on any atom is -0.512 e. The normalized spacial score (nSPS) is 13.3. The molecule has 0 saturated carbocycles. The Balaban J connectivity index is 0.000000126. The standard InChI is InChI=1S/C25H13N.C25H12N.C11H22O2.C11H20O2.Pt/c2*1-2-12-26-20(3-1)19-13-17-9-8-15-5-4-14-6-7-16-10-11-18(19)25-23(16)21(14)22(15)24(17)25;2*1-10(2,3)8(12)7-9(13)11(4,5)6;/h1-13H;1-12H;7-8,12-13H,1-6H3;7H2,1-6H3;/q;-1;;;. The van der Waals surface area contributed by atoms with Gasteiger partial charge >= 0.3 is 0 Å². The van der Waals surface area contributed by atoms with Gasteiger partial charge < -0.3 is 10.2 Å². The van der Waals surface area contributed by atoms with E-state index in [4.69, 9.17) is 0 Å². The molecule has 1 atom stereocenters. The van der Waals surface area contributed by atoms with Gasteiger partial charge in [-0.15, -0.1) is 17.5 Å². The van der Waals surface area contributed by atoms with E-state index in [-0.39, 0.29) is 55.6 Å². The van der Waals surface area contributed by atoms with E-state index in [1.807, 2.05) is 114 Å².